The van der Waals surface area contributed by atoms with Gasteiger partial charge in [-0.1, -0.05) is 18.2 Å². The van der Waals surface area contributed by atoms with Gasteiger partial charge in [-0.05, 0) is 41.0 Å². The first-order chi connectivity index (χ1) is 11.2. The van der Waals surface area contributed by atoms with Crippen molar-refractivity contribution in [3.63, 3.8) is 0 Å². The van der Waals surface area contributed by atoms with Crippen LogP contribution in [0.5, 0.6) is 0 Å². The van der Waals surface area contributed by atoms with Crippen molar-refractivity contribution in [3.05, 3.63) is 53.6 Å². The predicted octanol–water partition coefficient (Wildman–Crippen LogP) is 2.61. The summed E-state index contributed by atoms with van der Waals surface area (Å²) in [7, 11) is 1.78. The van der Waals surface area contributed by atoms with Crippen molar-refractivity contribution in [1.29, 1.82) is 0 Å². The molecule has 128 valence electrons. The van der Waals surface area contributed by atoms with E-state index in [-0.39, 0.29) is 10.8 Å². The molecule has 24 heavy (non-hydrogen) atoms. The van der Waals surface area contributed by atoms with Gasteiger partial charge in [0.25, 0.3) is 5.91 Å². The third-order valence-electron chi connectivity index (χ3n) is 3.65. The molecule has 2 rings (SSSR count). The molecule has 5 nitrogen and oxygen atoms in total. The van der Waals surface area contributed by atoms with Crippen molar-refractivity contribution in [3.8, 4) is 11.1 Å². The first-order valence-electron chi connectivity index (χ1n) is 7.38. The summed E-state index contributed by atoms with van der Waals surface area (Å²) in [5.41, 5.74) is 3.24. The summed E-state index contributed by atoms with van der Waals surface area (Å²) in [6, 6.07) is 12.1. The minimum Gasteiger partial charge on any atom is -0.380 e. The van der Waals surface area contributed by atoms with Crippen LogP contribution in [0, 0.1) is 0 Å². The third-order valence-corrected chi connectivity index (χ3v) is 4.78. The van der Waals surface area contributed by atoms with Gasteiger partial charge in [0.05, 0.1) is 11.5 Å². The van der Waals surface area contributed by atoms with Crippen LogP contribution in [0.2, 0.25) is 0 Å². The molecule has 0 fully saturated rings. The van der Waals surface area contributed by atoms with E-state index in [4.69, 9.17) is 4.74 Å². The maximum atomic E-state index is 12.1. The fourth-order valence-electron chi connectivity index (χ4n) is 2.42. The van der Waals surface area contributed by atoms with Crippen LogP contribution in [-0.4, -0.2) is 46.7 Å². The Morgan fingerprint density at radius 3 is 2.21 bits per heavy atom. The third kappa shape index (κ3) is 4.01. The summed E-state index contributed by atoms with van der Waals surface area (Å²) < 4.78 is 28.4. The normalized spacial score (nSPS) is 11.3. The SMILES string of the molecule is COCc1cc(C(=O)N(C)C)ccc1-c1ccc(S(C)(=O)=O)cc1. The average molecular weight is 347 g/mol. The highest BCUT2D eigenvalue weighted by Crippen LogP contribution is 2.27. The van der Waals surface area contributed by atoms with E-state index in [1.54, 1.807) is 51.5 Å². The number of methoxy groups -OCH3 is 1. The van der Waals surface area contributed by atoms with Crippen molar-refractivity contribution in [2.75, 3.05) is 27.5 Å². The Hall–Kier alpha value is -2.18. The van der Waals surface area contributed by atoms with E-state index in [2.05, 4.69) is 0 Å². The first kappa shape index (κ1) is 18.2. The second kappa shape index (κ2) is 7.15. The van der Waals surface area contributed by atoms with Crippen LogP contribution in [0.25, 0.3) is 11.1 Å². The van der Waals surface area contributed by atoms with Crippen molar-refractivity contribution in [1.82, 2.24) is 4.90 Å². The lowest BCUT2D eigenvalue weighted by Gasteiger charge is -2.14. The number of hydrogen-bond acceptors (Lipinski definition) is 4. The Morgan fingerprint density at radius 1 is 1.08 bits per heavy atom. The van der Waals surface area contributed by atoms with Crippen LogP contribution in [0.1, 0.15) is 15.9 Å². The van der Waals surface area contributed by atoms with E-state index in [1.807, 2.05) is 12.1 Å². The fraction of sp³-hybridized carbons (Fsp3) is 0.278. The maximum absolute atomic E-state index is 12.1. The zero-order chi connectivity index (χ0) is 17.9. The Morgan fingerprint density at radius 2 is 1.71 bits per heavy atom. The van der Waals surface area contributed by atoms with Crippen LogP contribution in [-0.2, 0) is 21.2 Å². The zero-order valence-corrected chi connectivity index (χ0v) is 15.1. The predicted molar refractivity (Wildman–Crippen MR) is 93.7 cm³/mol. The van der Waals surface area contributed by atoms with E-state index in [0.29, 0.717) is 12.2 Å². The molecule has 0 aliphatic carbocycles. The van der Waals surface area contributed by atoms with Gasteiger partial charge in [-0.2, -0.15) is 0 Å². The molecule has 0 unspecified atom stereocenters. The summed E-state index contributed by atoms with van der Waals surface area (Å²) in [6.07, 6.45) is 1.18. The quantitative estimate of drug-likeness (QED) is 0.834. The monoisotopic (exact) mass is 347 g/mol. The van der Waals surface area contributed by atoms with Crippen LogP contribution in [0.4, 0.5) is 0 Å². The van der Waals surface area contributed by atoms with Gasteiger partial charge in [-0.25, -0.2) is 8.42 Å². The summed E-state index contributed by atoms with van der Waals surface area (Å²) in [5, 5.41) is 0. The smallest absolute Gasteiger partial charge is 0.253 e. The highest BCUT2D eigenvalue weighted by molar-refractivity contribution is 7.90. The summed E-state index contributed by atoms with van der Waals surface area (Å²) in [5.74, 6) is -0.0775. The number of nitrogens with zero attached hydrogens (tertiary/aromatic N) is 1. The second-order valence-electron chi connectivity index (χ2n) is 5.80. The summed E-state index contributed by atoms with van der Waals surface area (Å²) in [4.78, 5) is 13.9. The Kier molecular flexibility index (Phi) is 5.41. The number of carbonyl (C=O) groups is 1. The van der Waals surface area contributed by atoms with E-state index in [9.17, 15) is 13.2 Å². The molecule has 0 bridgehead atoms. The van der Waals surface area contributed by atoms with Crippen molar-refractivity contribution in [2.45, 2.75) is 11.5 Å². The minimum atomic E-state index is -3.22. The average Bonchev–Trinajstić information content (AvgIpc) is 2.53. The van der Waals surface area contributed by atoms with Gasteiger partial charge in [0.2, 0.25) is 0 Å². The van der Waals surface area contributed by atoms with Gasteiger partial charge < -0.3 is 9.64 Å². The van der Waals surface area contributed by atoms with Crippen LogP contribution >= 0.6 is 0 Å². The van der Waals surface area contributed by atoms with E-state index < -0.39 is 9.84 Å². The van der Waals surface area contributed by atoms with Gasteiger partial charge in [-0.15, -0.1) is 0 Å². The number of carbonyl (C=O) groups excluding carboxylic acids is 1. The Balaban J connectivity index is 2.47. The number of hydrogen-bond donors (Lipinski definition) is 0. The van der Waals surface area contributed by atoms with Crippen LogP contribution in [0.15, 0.2) is 47.4 Å². The number of benzene rings is 2. The summed E-state index contributed by atoms with van der Waals surface area (Å²) >= 11 is 0. The molecule has 0 spiro atoms. The number of amides is 1. The van der Waals surface area contributed by atoms with E-state index in [0.717, 1.165) is 16.7 Å². The minimum absolute atomic E-state index is 0.0775. The molecule has 1 amide bonds. The number of rotatable bonds is 5. The van der Waals surface area contributed by atoms with Gasteiger partial charge in [-0.3, -0.25) is 4.79 Å². The molecule has 0 N–H and O–H groups in total. The molecule has 0 saturated carbocycles. The van der Waals surface area contributed by atoms with Gasteiger partial charge in [0.1, 0.15) is 0 Å². The van der Waals surface area contributed by atoms with Crippen molar-refractivity contribution in [2.24, 2.45) is 0 Å². The molecule has 0 aromatic heterocycles. The molecular weight excluding hydrogens is 326 g/mol. The molecule has 0 aliphatic rings. The molecule has 0 atom stereocenters. The highest BCUT2D eigenvalue weighted by Gasteiger charge is 2.13. The molecule has 0 radical (unpaired) electrons. The lowest BCUT2D eigenvalue weighted by atomic mass is 9.97. The maximum Gasteiger partial charge on any atom is 0.253 e. The molecular formula is C18H21NO4S. The van der Waals surface area contributed by atoms with E-state index >= 15 is 0 Å². The van der Waals surface area contributed by atoms with Gasteiger partial charge in [0.15, 0.2) is 9.84 Å². The molecule has 0 saturated heterocycles. The second-order valence-corrected chi connectivity index (χ2v) is 7.82. The van der Waals surface area contributed by atoms with Crippen LogP contribution < -0.4 is 0 Å². The molecule has 2 aromatic carbocycles. The van der Waals surface area contributed by atoms with Gasteiger partial charge in [0, 0.05) is 33.0 Å². The zero-order valence-electron chi connectivity index (χ0n) is 14.2. The standard InChI is InChI=1S/C18H21NO4S/c1-19(2)18(20)14-7-10-17(15(11-14)12-23-3)13-5-8-16(9-6-13)24(4,21)22/h5-11H,12H2,1-4H3. The van der Waals surface area contributed by atoms with Gasteiger partial charge >= 0.3 is 0 Å². The summed E-state index contributed by atoms with van der Waals surface area (Å²) in [6.45, 7) is 0.359. The fourth-order valence-corrected chi connectivity index (χ4v) is 3.05. The van der Waals surface area contributed by atoms with Crippen molar-refractivity contribution >= 4 is 15.7 Å². The van der Waals surface area contributed by atoms with Crippen molar-refractivity contribution < 1.29 is 17.9 Å². The molecule has 0 aliphatic heterocycles. The lowest BCUT2D eigenvalue weighted by molar-refractivity contribution is 0.0827. The first-order valence-corrected chi connectivity index (χ1v) is 9.27. The highest BCUT2D eigenvalue weighted by atomic mass is 32.2. The molecule has 6 heteroatoms. The Bertz CT molecular complexity index is 840. The number of ether oxygens (including phenoxy) is 1. The van der Waals surface area contributed by atoms with E-state index in [1.165, 1.54) is 11.2 Å². The molecule has 2 aromatic rings. The largest absolute Gasteiger partial charge is 0.380 e. The molecule has 0 heterocycles. The number of sulfone groups is 1. The lowest BCUT2D eigenvalue weighted by Crippen LogP contribution is -2.21. The Labute approximate surface area is 142 Å². The topological polar surface area (TPSA) is 63.7 Å². The van der Waals surface area contributed by atoms with Crippen LogP contribution in [0.3, 0.4) is 0 Å².